The van der Waals surface area contributed by atoms with Crippen molar-refractivity contribution in [2.45, 2.75) is 20.0 Å². The van der Waals surface area contributed by atoms with Crippen LogP contribution in [0.5, 0.6) is 5.75 Å². The van der Waals surface area contributed by atoms with Gasteiger partial charge >= 0.3 is 0 Å². The van der Waals surface area contributed by atoms with Crippen molar-refractivity contribution in [1.29, 1.82) is 0 Å². The summed E-state index contributed by atoms with van der Waals surface area (Å²) in [6, 6.07) is 11.2. The number of carbonyl (C=O) groups is 1. The Bertz CT molecular complexity index is 632. The first-order chi connectivity index (χ1) is 10.6. The van der Waals surface area contributed by atoms with Gasteiger partial charge in [-0.2, -0.15) is 0 Å². The summed E-state index contributed by atoms with van der Waals surface area (Å²) in [6.45, 7) is 3.45. The van der Waals surface area contributed by atoms with Crippen LogP contribution in [0.15, 0.2) is 42.6 Å². The van der Waals surface area contributed by atoms with E-state index in [2.05, 4.69) is 4.98 Å². The SMILES string of the molecule is CCOc1ccc(CN(C)C(=O)c2ccnc(CN)c2)cc1.Cl. The Hall–Kier alpha value is -2.11. The van der Waals surface area contributed by atoms with Crippen molar-refractivity contribution in [3.63, 3.8) is 0 Å². The van der Waals surface area contributed by atoms with E-state index in [-0.39, 0.29) is 18.3 Å². The van der Waals surface area contributed by atoms with Gasteiger partial charge in [0.05, 0.1) is 12.3 Å². The van der Waals surface area contributed by atoms with Crippen LogP contribution in [0, 0.1) is 0 Å². The van der Waals surface area contributed by atoms with Crippen LogP contribution in [0.1, 0.15) is 28.5 Å². The fourth-order valence-electron chi connectivity index (χ4n) is 2.15. The van der Waals surface area contributed by atoms with Gasteiger partial charge in [0, 0.05) is 31.9 Å². The third-order valence-electron chi connectivity index (χ3n) is 3.27. The molecule has 1 aromatic heterocycles. The number of carbonyl (C=O) groups excluding carboxylic acids is 1. The molecule has 0 spiro atoms. The number of hydrogen-bond donors (Lipinski definition) is 1. The Labute approximate surface area is 142 Å². The monoisotopic (exact) mass is 335 g/mol. The first-order valence-electron chi connectivity index (χ1n) is 7.26. The highest BCUT2D eigenvalue weighted by molar-refractivity contribution is 5.94. The van der Waals surface area contributed by atoms with Gasteiger partial charge in [0.25, 0.3) is 5.91 Å². The minimum atomic E-state index is -0.0500. The van der Waals surface area contributed by atoms with Crippen LogP contribution in [0.3, 0.4) is 0 Å². The zero-order chi connectivity index (χ0) is 15.9. The lowest BCUT2D eigenvalue weighted by Gasteiger charge is -2.18. The van der Waals surface area contributed by atoms with Gasteiger partial charge in [-0.25, -0.2) is 0 Å². The van der Waals surface area contributed by atoms with Crippen molar-refractivity contribution in [3.8, 4) is 5.75 Å². The highest BCUT2D eigenvalue weighted by atomic mass is 35.5. The largest absolute Gasteiger partial charge is 0.494 e. The molecule has 0 saturated heterocycles. The van der Waals surface area contributed by atoms with Crippen molar-refractivity contribution in [3.05, 3.63) is 59.4 Å². The second kappa shape index (κ2) is 9.12. The van der Waals surface area contributed by atoms with Gasteiger partial charge in [-0.15, -0.1) is 12.4 Å². The molecule has 0 radical (unpaired) electrons. The number of hydrogen-bond acceptors (Lipinski definition) is 4. The standard InChI is InChI=1S/C17H21N3O2.ClH/c1-3-22-16-6-4-13(5-7-16)12-20(2)17(21)14-8-9-19-15(10-14)11-18;/h4-10H,3,11-12,18H2,1-2H3;1H. The summed E-state index contributed by atoms with van der Waals surface area (Å²) in [4.78, 5) is 18.2. The summed E-state index contributed by atoms with van der Waals surface area (Å²) in [5.41, 5.74) is 7.92. The summed E-state index contributed by atoms with van der Waals surface area (Å²) in [5.74, 6) is 0.785. The topological polar surface area (TPSA) is 68.5 Å². The predicted molar refractivity (Wildman–Crippen MR) is 92.8 cm³/mol. The number of pyridine rings is 1. The third kappa shape index (κ3) is 5.23. The summed E-state index contributed by atoms with van der Waals surface area (Å²) in [5, 5.41) is 0. The molecule has 0 aliphatic rings. The van der Waals surface area contributed by atoms with Gasteiger partial charge in [-0.3, -0.25) is 9.78 Å². The van der Waals surface area contributed by atoms with E-state index in [1.807, 2.05) is 31.2 Å². The average Bonchev–Trinajstić information content (AvgIpc) is 2.56. The Kier molecular flexibility index (Phi) is 7.51. The lowest BCUT2D eigenvalue weighted by atomic mass is 10.1. The molecule has 0 aliphatic carbocycles. The van der Waals surface area contributed by atoms with Crippen LogP contribution in [0.4, 0.5) is 0 Å². The van der Waals surface area contributed by atoms with Crippen molar-refractivity contribution >= 4 is 18.3 Å². The Morgan fingerprint density at radius 3 is 2.57 bits per heavy atom. The smallest absolute Gasteiger partial charge is 0.254 e. The fraction of sp³-hybridized carbons (Fsp3) is 0.294. The van der Waals surface area contributed by atoms with Gasteiger partial charge in [-0.05, 0) is 36.8 Å². The van der Waals surface area contributed by atoms with Gasteiger partial charge in [0.15, 0.2) is 0 Å². The number of ether oxygens (including phenoxy) is 1. The van der Waals surface area contributed by atoms with Gasteiger partial charge in [-0.1, -0.05) is 12.1 Å². The van der Waals surface area contributed by atoms with Crippen LogP contribution < -0.4 is 10.5 Å². The molecule has 5 nitrogen and oxygen atoms in total. The molecule has 2 rings (SSSR count). The zero-order valence-electron chi connectivity index (χ0n) is 13.4. The van der Waals surface area contributed by atoms with Gasteiger partial charge in [0.2, 0.25) is 0 Å². The van der Waals surface area contributed by atoms with E-state index < -0.39 is 0 Å². The van der Waals surface area contributed by atoms with Crippen molar-refractivity contribution in [2.75, 3.05) is 13.7 Å². The quantitative estimate of drug-likeness (QED) is 0.881. The molecule has 0 bridgehead atoms. The molecule has 1 aromatic carbocycles. The van der Waals surface area contributed by atoms with Crippen LogP contribution in [-0.2, 0) is 13.1 Å². The molecule has 23 heavy (non-hydrogen) atoms. The Morgan fingerprint density at radius 1 is 1.26 bits per heavy atom. The summed E-state index contributed by atoms with van der Waals surface area (Å²) < 4.78 is 5.41. The Morgan fingerprint density at radius 2 is 1.96 bits per heavy atom. The fourth-order valence-corrected chi connectivity index (χ4v) is 2.15. The molecule has 0 fully saturated rings. The maximum atomic E-state index is 12.4. The van der Waals surface area contributed by atoms with Crippen LogP contribution in [-0.4, -0.2) is 29.4 Å². The van der Waals surface area contributed by atoms with E-state index in [0.717, 1.165) is 11.3 Å². The number of nitrogens with two attached hydrogens (primary N) is 1. The number of benzene rings is 1. The maximum absolute atomic E-state index is 12.4. The van der Waals surface area contributed by atoms with E-state index in [9.17, 15) is 4.79 Å². The lowest BCUT2D eigenvalue weighted by molar-refractivity contribution is 0.0785. The molecule has 1 heterocycles. The second-order valence-electron chi connectivity index (χ2n) is 4.98. The summed E-state index contributed by atoms with van der Waals surface area (Å²) >= 11 is 0. The summed E-state index contributed by atoms with van der Waals surface area (Å²) in [7, 11) is 1.78. The first-order valence-corrected chi connectivity index (χ1v) is 7.26. The van der Waals surface area contributed by atoms with Crippen molar-refractivity contribution in [2.24, 2.45) is 5.73 Å². The Balaban J connectivity index is 0.00000264. The summed E-state index contributed by atoms with van der Waals surface area (Å²) in [6.07, 6.45) is 1.61. The van der Waals surface area contributed by atoms with E-state index >= 15 is 0 Å². The third-order valence-corrected chi connectivity index (χ3v) is 3.27. The van der Waals surface area contributed by atoms with E-state index in [1.165, 1.54) is 0 Å². The number of halogens is 1. The molecule has 2 aromatic rings. The molecule has 2 N–H and O–H groups in total. The van der Waals surface area contributed by atoms with Crippen LogP contribution in [0.25, 0.3) is 0 Å². The lowest BCUT2D eigenvalue weighted by Crippen LogP contribution is -2.26. The predicted octanol–water partition coefficient (Wildman–Crippen LogP) is 2.63. The van der Waals surface area contributed by atoms with Crippen LogP contribution in [0.2, 0.25) is 0 Å². The van der Waals surface area contributed by atoms with E-state index in [0.29, 0.717) is 31.0 Å². The molecular weight excluding hydrogens is 314 g/mol. The van der Waals surface area contributed by atoms with Crippen LogP contribution >= 0.6 is 12.4 Å². The first kappa shape index (κ1) is 18.9. The highest BCUT2D eigenvalue weighted by Crippen LogP contribution is 2.14. The molecule has 6 heteroatoms. The second-order valence-corrected chi connectivity index (χ2v) is 4.98. The molecule has 0 atom stereocenters. The zero-order valence-corrected chi connectivity index (χ0v) is 14.2. The maximum Gasteiger partial charge on any atom is 0.254 e. The minimum absolute atomic E-state index is 0. The molecule has 1 amide bonds. The number of aromatic nitrogens is 1. The molecule has 124 valence electrons. The minimum Gasteiger partial charge on any atom is -0.494 e. The molecule has 0 unspecified atom stereocenters. The van der Waals surface area contributed by atoms with Crippen molar-refractivity contribution < 1.29 is 9.53 Å². The normalized spacial score (nSPS) is 9.87. The van der Waals surface area contributed by atoms with Crippen molar-refractivity contribution in [1.82, 2.24) is 9.88 Å². The van der Waals surface area contributed by atoms with E-state index in [1.54, 1.807) is 30.3 Å². The van der Waals surface area contributed by atoms with Gasteiger partial charge in [0.1, 0.15) is 5.75 Å². The molecular formula is C17H22ClN3O2. The number of rotatable bonds is 6. The average molecular weight is 336 g/mol. The molecule has 0 saturated carbocycles. The van der Waals surface area contributed by atoms with Gasteiger partial charge < -0.3 is 15.4 Å². The highest BCUT2D eigenvalue weighted by Gasteiger charge is 2.12. The number of amides is 1. The number of nitrogens with zero attached hydrogens (tertiary/aromatic N) is 2. The molecule has 0 aliphatic heterocycles. The van der Waals surface area contributed by atoms with E-state index in [4.69, 9.17) is 10.5 Å².